The molecule has 2 aromatic rings. The Hall–Kier alpha value is -1.87. The van der Waals surface area contributed by atoms with E-state index < -0.39 is 5.97 Å². The summed E-state index contributed by atoms with van der Waals surface area (Å²) in [6.45, 7) is 0.355. The van der Waals surface area contributed by atoms with Crippen LogP contribution in [0.25, 0.3) is 10.2 Å². The molecule has 3 rings (SSSR count). The van der Waals surface area contributed by atoms with E-state index in [0.717, 1.165) is 29.5 Å². The van der Waals surface area contributed by atoms with Crippen molar-refractivity contribution in [2.45, 2.75) is 44.3 Å². The molecule has 1 amide bonds. The van der Waals surface area contributed by atoms with E-state index in [4.69, 9.17) is 5.11 Å². The zero-order chi connectivity index (χ0) is 18.5. The van der Waals surface area contributed by atoms with Crippen LogP contribution >= 0.6 is 23.1 Å². The molecule has 0 aliphatic heterocycles. The number of fused-ring (bicyclic) bond motifs is 3. The lowest BCUT2D eigenvalue weighted by Crippen LogP contribution is -2.26. The van der Waals surface area contributed by atoms with Crippen LogP contribution in [-0.4, -0.2) is 39.2 Å². The number of aromatic amines is 1. The summed E-state index contributed by atoms with van der Waals surface area (Å²) < 4.78 is 0. The highest BCUT2D eigenvalue weighted by Crippen LogP contribution is 2.33. The maximum absolute atomic E-state index is 12.4. The van der Waals surface area contributed by atoms with Gasteiger partial charge < -0.3 is 15.4 Å². The molecule has 0 spiro atoms. The quantitative estimate of drug-likeness (QED) is 0.590. The number of carboxylic acid groups (broad SMARTS) is 1. The van der Waals surface area contributed by atoms with Crippen molar-refractivity contribution in [3.05, 3.63) is 26.6 Å². The second kappa shape index (κ2) is 8.68. The number of nitrogens with zero attached hydrogens (tertiary/aromatic N) is 1. The molecular weight excluding hydrogens is 374 g/mol. The zero-order valence-corrected chi connectivity index (χ0v) is 15.9. The molecule has 9 heteroatoms. The topological polar surface area (TPSA) is 112 Å². The van der Waals surface area contributed by atoms with Gasteiger partial charge in [0.2, 0.25) is 5.91 Å². The zero-order valence-electron chi connectivity index (χ0n) is 14.3. The van der Waals surface area contributed by atoms with Gasteiger partial charge in [-0.1, -0.05) is 0 Å². The van der Waals surface area contributed by atoms with Crippen LogP contribution in [0.15, 0.2) is 4.79 Å². The molecule has 0 saturated carbocycles. The molecule has 0 aromatic carbocycles. The van der Waals surface area contributed by atoms with Crippen molar-refractivity contribution in [3.8, 4) is 0 Å². The summed E-state index contributed by atoms with van der Waals surface area (Å²) >= 11 is 2.99. The minimum atomic E-state index is -0.866. The Morgan fingerprint density at radius 1 is 1.31 bits per heavy atom. The minimum Gasteiger partial charge on any atom is -0.481 e. The Balaban J connectivity index is 1.54. The number of thioether (sulfide) groups is 1. The molecule has 0 atom stereocenters. The highest BCUT2D eigenvalue weighted by atomic mass is 32.2. The van der Waals surface area contributed by atoms with E-state index in [1.165, 1.54) is 28.6 Å². The number of carbonyl (C=O) groups excluding carboxylic acids is 1. The van der Waals surface area contributed by atoms with Crippen LogP contribution < -0.4 is 10.9 Å². The van der Waals surface area contributed by atoms with Crippen LogP contribution in [-0.2, 0) is 28.2 Å². The number of nitrogens with one attached hydrogen (secondary N) is 2. The molecule has 2 heterocycles. The van der Waals surface area contributed by atoms with E-state index in [9.17, 15) is 14.4 Å². The summed E-state index contributed by atoms with van der Waals surface area (Å²) in [4.78, 5) is 44.1. The number of carbonyl (C=O) groups is 2. The van der Waals surface area contributed by atoms with Crippen LogP contribution in [0.1, 0.15) is 41.9 Å². The van der Waals surface area contributed by atoms with E-state index in [1.54, 1.807) is 11.3 Å². The Kier molecular flexibility index (Phi) is 6.31. The van der Waals surface area contributed by atoms with Crippen LogP contribution in [0, 0.1) is 0 Å². The average Bonchev–Trinajstić information content (AvgIpc) is 2.97. The Labute approximate surface area is 158 Å². The number of hydrogen-bond donors (Lipinski definition) is 3. The van der Waals surface area contributed by atoms with Crippen LogP contribution in [0.4, 0.5) is 0 Å². The van der Waals surface area contributed by atoms with Crippen molar-refractivity contribution in [3.63, 3.8) is 0 Å². The van der Waals surface area contributed by atoms with E-state index in [-0.39, 0.29) is 23.6 Å². The van der Waals surface area contributed by atoms with Crippen molar-refractivity contribution in [1.29, 1.82) is 0 Å². The maximum atomic E-state index is 12.4. The van der Waals surface area contributed by atoms with Gasteiger partial charge in [0.05, 0.1) is 16.9 Å². The first-order chi connectivity index (χ1) is 12.5. The van der Waals surface area contributed by atoms with Gasteiger partial charge in [-0.3, -0.25) is 14.4 Å². The van der Waals surface area contributed by atoms with Gasteiger partial charge in [0.25, 0.3) is 5.56 Å². The summed E-state index contributed by atoms with van der Waals surface area (Å²) in [6, 6.07) is 0. The summed E-state index contributed by atoms with van der Waals surface area (Å²) in [5.74, 6) is 0.279. The highest BCUT2D eigenvalue weighted by molar-refractivity contribution is 7.99. The smallest absolute Gasteiger partial charge is 0.303 e. The van der Waals surface area contributed by atoms with E-state index in [0.29, 0.717) is 24.5 Å². The second-order valence-corrected chi connectivity index (χ2v) is 8.31. The van der Waals surface area contributed by atoms with E-state index in [1.807, 2.05) is 0 Å². The first kappa shape index (κ1) is 18.9. The summed E-state index contributed by atoms with van der Waals surface area (Å²) in [5.41, 5.74) is 1.09. The van der Waals surface area contributed by atoms with Crippen LogP contribution in [0.3, 0.4) is 0 Å². The molecule has 1 aliphatic carbocycles. The second-order valence-electron chi connectivity index (χ2n) is 6.24. The van der Waals surface area contributed by atoms with Crippen molar-refractivity contribution >= 4 is 45.2 Å². The first-order valence-corrected chi connectivity index (χ1v) is 10.6. The number of aliphatic carboxylic acids is 1. The van der Waals surface area contributed by atoms with Crippen molar-refractivity contribution in [2.24, 2.45) is 0 Å². The maximum Gasteiger partial charge on any atom is 0.303 e. The molecule has 7 nitrogen and oxygen atoms in total. The van der Waals surface area contributed by atoms with Gasteiger partial charge in [-0.2, -0.15) is 0 Å². The monoisotopic (exact) mass is 395 g/mol. The predicted octanol–water partition coefficient (Wildman–Crippen LogP) is 2.08. The third kappa shape index (κ3) is 4.64. The van der Waals surface area contributed by atoms with Gasteiger partial charge in [0, 0.05) is 17.8 Å². The fourth-order valence-electron chi connectivity index (χ4n) is 3.04. The Morgan fingerprint density at radius 3 is 2.92 bits per heavy atom. The number of hydrogen-bond acceptors (Lipinski definition) is 6. The SMILES string of the molecule is O=C(O)CCCNC(=O)CSCc1nc2sc3c(c2c(=O)[nH]1)CCCC3. The number of aryl methyl sites for hydroxylation is 2. The normalized spacial score (nSPS) is 13.5. The minimum absolute atomic E-state index is 0.0450. The van der Waals surface area contributed by atoms with Gasteiger partial charge in [-0.25, -0.2) is 4.98 Å². The summed E-state index contributed by atoms with van der Waals surface area (Å²) in [6.07, 6.45) is 4.74. The summed E-state index contributed by atoms with van der Waals surface area (Å²) in [5, 5.41) is 12.0. The lowest BCUT2D eigenvalue weighted by Gasteiger charge is -2.09. The van der Waals surface area contributed by atoms with Gasteiger partial charge in [-0.15, -0.1) is 23.1 Å². The third-order valence-corrected chi connectivity index (χ3v) is 6.37. The fourth-order valence-corrected chi connectivity index (χ4v) is 5.04. The van der Waals surface area contributed by atoms with Gasteiger partial charge in [-0.05, 0) is 37.7 Å². The summed E-state index contributed by atoms with van der Waals surface area (Å²) in [7, 11) is 0. The number of amides is 1. The standard InChI is InChI=1S/C17H21N3O4S2/c21-13(18-7-3-6-14(22)23)9-25-8-12-19-16(24)15-10-4-1-2-5-11(10)26-17(15)20-12/h1-9H2,(H,18,21)(H,22,23)(H,19,20,24). The number of H-pyrrole nitrogens is 1. The lowest BCUT2D eigenvalue weighted by atomic mass is 9.97. The van der Waals surface area contributed by atoms with Gasteiger partial charge in [0.1, 0.15) is 10.7 Å². The first-order valence-electron chi connectivity index (χ1n) is 8.64. The third-order valence-electron chi connectivity index (χ3n) is 4.24. The van der Waals surface area contributed by atoms with E-state index >= 15 is 0 Å². The van der Waals surface area contributed by atoms with Crippen LogP contribution in [0.5, 0.6) is 0 Å². The molecule has 0 radical (unpaired) electrons. The average molecular weight is 396 g/mol. The largest absolute Gasteiger partial charge is 0.481 e. The van der Waals surface area contributed by atoms with Gasteiger partial charge in [0.15, 0.2) is 0 Å². The number of thiophene rings is 1. The molecule has 0 unspecified atom stereocenters. The Morgan fingerprint density at radius 2 is 2.12 bits per heavy atom. The fraction of sp³-hybridized carbons (Fsp3) is 0.529. The number of rotatable bonds is 8. The molecule has 3 N–H and O–H groups in total. The van der Waals surface area contributed by atoms with Crippen LogP contribution in [0.2, 0.25) is 0 Å². The molecule has 2 aromatic heterocycles. The molecule has 1 aliphatic rings. The van der Waals surface area contributed by atoms with Crippen molar-refractivity contribution < 1.29 is 14.7 Å². The molecule has 26 heavy (non-hydrogen) atoms. The number of aromatic nitrogens is 2. The molecule has 0 bridgehead atoms. The molecule has 0 fully saturated rings. The predicted molar refractivity (Wildman–Crippen MR) is 103 cm³/mol. The van der Waals surface area contributed by atoms with E-state index in [2.05, 4.69) is 15.3 Å². The highest BCUT2D eigenvalue weighted by Gasteiger charge is 2.19. The number of carboxylic acids is 1. The Bertz CT molecular complexity index is 875. The molecular formula is C17H21N3O4S2. The molecule has 0 saturated heterocycles. The lowest BCUT2D eigenvalue weighted by molar-refractivity contribution is -0.137. The van der Waals surface area contributed by atoms with Crippen molar-refractivity contribution in [2.75, 3.05) is 12.3 Å². The van der Waals surface area contributed by atoms with Gasteiger partial charge >= 0.3 is 5.97 Å². The molecule has 140 valence electrons. The van der Waals surface area contributed by atoms with Crippen molar-refractivity contribution in [1.82, 2.24) is 15.3 Å².